The van der Waals surface area contributed by atoms with E-state index >= 15 is 0 Å². The van der Waals surface area contributed by atoms with Crippen LogP contribution in [0.2, 0.25) is 0 Å². The van der Waals surface area contributed by atoms with Gasteiger partial charge in [0.05, 0.1) is 8.96 Å². The molecule has 0 heterocycles. The van der Waals surface area contributed by atoms with E-state index in [0.717, 1.165) is 0 Å². The van der Waals surface area contributed by atoms with Crippen LogP contribution in [0.3, 0.4) is 0 Å². The predicted molar refractivity (Wildman–Crippen MR) is 56.3 cm³/mol. The van der Waals surface area contributed by atoms with Crippen molar-refractivity contribution >= 4 is 28.8 Å². The maximum atomic E-state index is 4.40. The molecule has 0 amide bonds. The molecule has 0 aliphatic heterocycles. The molecule has 0 bridgehead atoms. The van der Waals surface area contributed by atoms with Crippen LogP contribution < -0.4 is 0 Å². The maximum absolute atomic E-state index is 4.40. The minimum Gasteiger partial charge on any atom is -0.290 e. The topological polar surface area (TPSA) is 12.4 Å². The van der Waals surface area contributed by atoms with Gasteiger partial charge in [0.25, 0.3) is 0 Å². The quantitative estimate of drug-likeness (QED) is 0.387. The summed E-state index contributed by atoms with van der Waals surface area (Å²) in [5, 5.41) is 0. The van der Waals surface area contributed by atoms with Crippen LogP contribution >= 0.6 is 22.6 Å². The Labute approximate surface area is 77.5 Å². The van der Waals surface area contributed by atoms with Gasteiger partial charge < -0.3 is 0 Å². The number of rotatable bonds is 1. The van der Waals surface area contributed by atoms with Crippen LogP contribution in [0.15, 0.2) is 4.99 Å². The summed E-state index contributed by atoms with van der Waals surface area (Å²) in [4.78, 5) is 4.40. The maximum Gasteiger partial charge on any atom is 0.0520 e. The van der Waals surface area contributed by atoms with Crippen LogP contribution in [0.5, 0.6) is 0 Å². The molecule has 0 spiro atoms. The normalized spacial score (nSPS) is 14.6. The molecule has 60 valence electrons. The number of alkyl halides is 1. The first-order chi connectivity index (χ1) is 4.21. The van der Waals surface area contributed by atoms with Gasteiger partial charge in [-0.25, -0.2) is 0 Å². The standard InChI is InChI=1S/C8H16IN/c1-7(2,3)10-6-8(4,5)9/h6H,1-5H3/b10-6-. The Morgan fingerprint density at radius 1 is 1.10 bits per heavy atom. The summed E-state index contributed by atoms with van der Waals surface area (Å²) < 4.78 is 0.186. The van der Waals surface area contributed by atoms with E-state index in [1.807, 2.05) is 6.21 Å². The average Bonchev–Trinajstić information content (AvgIpc) is 1.57. The Bertz CT molecular complexity index is 109. The molecular formula is C8H16IN. The van der Waals surface area contributed by atoms with Crippen molar-refractivity contribution < 1.29 is 0 Å². The molecular weight excluding hydrogens is 237 g/mol. The van der Waals surface area contributed by atoms with E-state index in [4.69, 9.17) is 0 Å². The van der Waals surface area contributed by atoms with E-state index in [-0.39, 0.29) is 8.96 Å². The SMILES string of the molecule is CC(C)(I)/C=N\C(C)(C)C. The molecule has 0 aliphatic carbocycles. The van der Waals surface area contributed by atoms with E-state index in [9.17, 15) is 0 Å². The van der Waals surface area contributed by atoms with Crippen LogP contribution in [0.4, 0.5) is 0 Å². The molecule has 0 aromatic rings. The van der Waals surface area contributed by atoms with Crippen molar-refractivity contribution in [2.45, 2.75) is 43.6 Å². The second kappa shape index (κ2) is 3.20. The minimum absolute atomic E-state index is 0.0719. The summed E-state index contributed by atoms with van der Waals surface area (Å²) in [5.41, 5.74) is 0.0719. The molecule has 0 rings (SSSR count). The fourth-order valence-corrected chi connectivity index (χ4v) is 0.486. The number of nitrogens with zero attached hydrogens (tertiary/aromatic N) is 1. The first-order valence-corrected chi connectivity index (χ1v) is 4.54. The van der Waals surface area contributed by atoms with Crippen LogP contribution in [0, 0.1) is 0 Å². The third-order valence-corrected chi connectivity index (χ3v) is 1.04. The third-order valence-electron chi connectivity index (χ3n) is 0.759. The molecule has 0 radical (unpaired) electrons. The molecule has 0 aromatic heterocycles. The monoisotopic (exact) mass is 253 g/mol. The summed E-state index contributed by atoms with van der Waals surface area (Å²) >= 11 is 2.37. The largest absolute Gasteiger partial charge is 0.290 e. The molecule has 0 aromatic carbocycles. The van der Waals surface area contributed by atoms with Crippen LogP contribution in [0.25, 0.3) is 0 Å². The summed E-state index contributed by atoms with van der Waals surface area (Å²) in [6, 6.07) is 0. The number of hydrogen-bond donors (Lipinski definition) is 0. The molecule has 0 atom stereocenters. The van der Waals surface area contributed by atoms with Gasteiger partial charge >= 0.3 is 0 Å². The molecule has 2 heteroatoms. The highest BCUT2D eigenvalue weighted by molar-refractivity contribution is 14.1. The van der Waals surface area contributed by atoms with E-state index in [0.29, 0.717) is 0 Å². The summed E-state index contributed by atoms with van der Waals surface area (Å²) in [5.74, 6) is 0. The van der Waals surface area contributed by atoms with Gasteiger partial charge in [-0.2, -0.15) is 0 Å². The second-order valence-electron chi connectivity index (χ2n) is 3.99. The zero-order valence-corrected chi connectivity index (χ0v) is 9.56. The Balaban J connectivity index is 4.01. The van der Waals surface area contributed by atoms with Crippen LogP contribution in [0.1, 0.15) is 34.6 Å². The fraction of sp³-hybridized carbons (Fsp3) is 0.875. The minimum atomic E-state index is 0.0719. The highest BCUT2D eigenvalue weighted by atomic mass is 127. The predicted octanol–water partition coefficient (Wildman–Crippen LogP) is 3.07. The van der Waals surface area contributed by atoms with Crippen molar-refractivity contribution in [2.75, 3.05) is 0 Å². The smallest absolute Gasteiger partial charge is 0.0520 e. The molecule has 0 N–H and O–H groups in total. The summed E-state index contributed by atoms with van der Waals surface area (Å²) in [6.45, 7) is 10.6. The van der Waals surface area contributed by atoms with E-state index in [1.165, 1.54) is 0 Å². The van der Waals surface area contributed by atoms with Gasteiger partial charge in [-0.15, -0.1) is 0 Å². The van der Waals surface area contributed by atoms with Gasteiger partial charge in [0.1, 0.15) is 0 Å². The van der Waals surface area contributed by atoms with Crippen molar-refractivity contribution in [3.05, 3.63) is 0 Å². The Morgan fingerprint density at radius 3 is 1.60 bits per heavy atom. The van der Waals surface area contributed by atoms with Crippen molar-refractivity contribution in [1.29, 1.82) is 0 Å². The van der Waals surface area contributed by atoms with Gasteiger partial charge in [-0.3, -0.25) is 4.99 Å². The lowest BCUT2D eigenvalue weighted by molar-refractivity contribution is 0.583. The van der Waals surface area contributed by atoms with Gasteiger partial charge in [0.15, 0.2) is 0 Å². The van der Waals surface area contributed by atoms with Gasteiger partial charge in [0, 0.05) is 6.21 Å². The Kier molecular flexibility index (Phi) is 3.33. The second-order valence-corrected chi connectivity index (χ2v) is 6.77. The van der Waals surface area contributed by atoms with E-state index in [1.54, 1.807) is 0 Å². The summed E-state index contributed by atoms with van der Waals surface area (Å²) in [7, 11) is 0. The molecule has 0 unspecified atom stereocenters. The van der Waals surface area contributed by atoms with Crippen LogP contribution in [-0.4, -0.2) is 15.2 Å². The average molecular weight is 253 g/mol. The van der Waals surface area contributed by atoms with E-state index < -0.39 is 0 Å². The molecule has 1 nitrogen and oxygen atoms in total. The third kappa shape index (κ3) is 8.40. The number of halogens is 1. The highest BCUT2D eigenvalue weighted by Gasteiger charge is 2.11. The lowest BCUT2D eigenvalue weighted by Gasteiger charge is -2.15. The van der Waals surface area contributed by atoms with Gasteiger partial charge in [-0.05, 0) is 34.6 Å². The summed E-state index contributed by atoms with van der Waals surface area (Å²) in [6.07, 6.45) is 2.01. The van der Waals surface area contributed by atoms with E-state index in [2.05, 4.69) is 62.2 Å². The molecule has 0 aliphatic rings. The molecule has 10 heavy (non-hydrogen) atoms. The molecule has 0 saturated carbocycles. The van der Waals surface area contributed by atoms with Crippen molar-refractivity contribution in [1.82, 2.24) is 0 Å². The number of aliphatic imine (C=N–C) groups is 1. The van der Waals surface area contributed by atoms with Crippen molar-refractivity contribution in [3.63, 3.8) is 0 Å². The first kappa shape index (κ1) is 10.4. The zero-order chi connectivity index (χ0) is 8.41. The zero-order valence-electron chi connectivity index (χ0n) is 7.40. The van der Waals surface area contributed by atoms with Crippen LogP contribution in [-0.2, 0) is 0 Å². The Morgan fingerprint density at radius 2 is 1.50 bits per heavy atom. The fourth-order valence-electron chi connectivity index (χ4n) is 0.347. The Hall–Kier alpha value is 0.400. The van der Waals surface area contributed by atoms with Crippen molar-refractivity contribution in [3.8, 4) is 0 Å². The lowest BCUT2D eigenvalue weighted by atomic mass is 10.1. The molecule has 0 fully saturated rings. The van der Waals surface area contributed by atoms with Gasteiger partial charge in [0.2, 0.25) is 0 Å². The highest BCUT2D eigenvalue weighted by Crippen LogP contribution is 2.15. The van der Waals surface area contributed by atoms with Crippen molar-refractivity contribution in [2.24, 2.45) is 4.99 Å². The van der Waals surface area contributed by atoms with Gasteiger partial charge in [-0.1, -0.05) is 22.6 Å². The lowest BCUT2D eigenvalue weighted by Crippen LogP contribution is -2.17. The first-order valence-electron chi connectivity index (χ1n) is 3.46. The number of hydrogen-bond acceptors (Lipinski definition) is 1. The molecule has 0 saturated heterocycles.